The predicted molar refractivity (Wildman–Crippen MR) is 78.7 cm³/mol. The van der Waals surface area contributed by atoms with E-state index in [9.17, 15) is 4.79 Å². The molecule has 1 aromatic rings. The number of hydrogen-bond donors (Lipinski definition) is 1. The Balaban J connectivity index is 2.16. The Morgan fingerprint density at radius 3 is 3.24 bits per heavy atom. The number of likely N-dealkylation sites (tertiary alicyclic amines) is 1. The first-order valence-electron chi connectivity index (χ1n) is 7.09. The van der Waals surface area contributed by atoms with Crippen molar-refractivity contribution in [1.82, 2.24) is 9.88 Å². The van der Waals surface area contributed by atoms with E-state index in [-0.39, 0.29) is 12.5 Å². The molecule has 1 saturated heterocycles. The van der Waals surface area contributed by atoms with E-state index in [4.69, 9.17) is 9.84 Å². The minimum atomic E-state index is -0.234. The van der Waals surface area contributed by atoms with Gasteiger partial charge in [0.2, 0.25) is 0 Å². The average molecular weight is 288 g/mol. The number of piperidine rings is 1. The lowest BCUT2D eigenvalue weighted by molar-refractivity contribution is 0.0565. The number of hydrogen-bond acceptors (Lipinski definition) is 4. The van der Waals surface area contributed by atoms with Gasteiger partial charge in [-0.15, -0.1) is 0 Å². The third-order valence-electron chi connectivity index (χ3n) is 3.52. The van der Waals surface area contributed by atoms with Crippen LogP contribution in [0.25, 0.3) is 0 Å². The van der Waals surface area contributed by atoms with Gasteiger partial charge in [0.15, 0.2) is 0 Å². The standard InChI is InChI=1S/C16H20N2O3/c1-21-12-13-5-3-9-18(11-13)16(20)15-14(7-4-10-19)6-2-8-17-15/h2,6,8,13,19H,3,5,9-12H2,1H3. The molecule has 1 aliphatic heterocycles. The van der Waals surface area contributed by atoms with E-state index in [0.717, 1.165) is 19.4 Å². The number of aliphatic hydroxyl groups excluding tert-OH is 1. The van der Waals surface area contributed by atoms with Crippen LogP contribution in [0.4, 0.5) is 0 Å². The molecule has 2 heterocycles. The van der Waals surface area contributed by atoms with Gasteiger partial charge < -0.3 is 14.7 Å². The van der Waals surface area contributed by atoms with Crippen LogP contribution in [0, 0.1) is 17.8 Å². The van der Waals surface area contributed by atoms with E-state index in [1.54, 1.807) is 25.4 Å². The van der Waals surface area contributed by atoms with E-state index < -0.39 is 0 Å². The molecule has 1 fully saturated rings. The molecule has 5 nitrogen and oxygen atoms in total. The monoisotopic (exact) mass is 288 g/mol. The number of aromatic nitrogens is 1. The van der Waals surface area contributed by atoms with Crippen molar-refractivity contribution in [2.75, 3.05) is 33.4 Å². The van der Waals surface area contributed by atoms with Crippen LogP contribution in [-0.4, -0.2) is 54.3 Å². The molecule has 0 aromatic carbocycles. The van der Waals surface area contributed by atoms with Crippen LogP contribution < -0.4 is 0 Å². The number of ether oxygens (including phenoxy) is 1. The quantitative estimate of drug-likeness (QED) is 0.840. The van der Waals surface area contributed by atoms with Crippen molar-refractivity contribution in [1.29, 1.82) is 0 Å². The molecule has 1 amide bonds. The van der Waals surface area contributed by atoms with E-state index in [1.165, 1.54) is 0 Å². The molecule has 1 aromatic heterocycles. The zero-order chi connectivity index (χ0) is 15.1. The van der Waals surface area contributed by atoms with Gasteiger partial charge >= 0.3 is 0 Å². The summed E-state index contributed by atoms with van der Waals surface area (Å²) in [4.78, 5) is 18.6. The van der Waals surface area contributed by atoms with E-state index in [1.807, 2.05) is 4.90 Å². The minimum Gasteiger partial charge on any atom is -0.384 e. The van der Waals surface area contributed by atoms with Gasteiger partial charge in [-0.1, -0.05) is 11.8 Å². The van der Waals surface area contributed by atoms with E-state index in [0.29, 0.717) is 30.3 Å². The maximum Gasteiger partial charge on any atom is 0.273 e. The number of pyridine rings is 1. The van der Waals surface area contributed by atoms with Crippen molar-refractivity contribution in [3.05, 3.63) is 29.6 Å². The molecular formula is C16H20N2O3. The van der Waals surface area contributed by atoms with Crippen molar-refractivity contribution >= 4 is 5.91 Å². The molecule has 0 aliphatic carbocycles. The molecule has 2 rings (SSSR count). The maximum atomic E-state index is 12.6. The second kappa shape index (κ2) is 7.77. The molecule has 1 unspecified atom stereocenters. The van der Waals surface area contributed by atoms with Crippen LogP contribution >= 0.6 is 0 Å². The van der Waals surface area contributed by atoms with Gasteiger partial charge in [-0.05, 0) is 30.9 Å². The molecule has 0 radical (unpaired) electrons. The van der Waals surface area contributed by atoms with Crippen molar-refractivity contribution in [2.45, 2.75) is 12.8 Å². The number of methoxy groups -OCH3 is 1. The molecule has 0 bridgehead atoms. The smallest absolute Gasteiger partial charge is 0.273 e. The SMILES string of the molecule is COCC1CCCN(C(=O)c2ncccc2C#CCO)C1. The average Bonchev–Trinajstić information content (AvgIpc) is 2.53. The summed E-state index contributed by atoms with van der Waals surface area (Å²) >= 11 is 0. The number of carbonyl (C=O) groups is 1. The first kappa shape index (κ1) is 15.5. The lowest BCUT2D eigenvalue weighted by Gasteiger charge is -2.32. The van der Waals surface area contributed by atoms with Crippen LogP contribution in [0.5, 0.6) is 0 Å². The third kappa shape index (κ3) is 4.03. The van der Waals surface area contributed by atoms with Gasteiger partial charge in [0.05, 0.1) is 12.2 Å². The number of aliphatic hydroxyl groups is 1. The molecule has 1 aliphatic rings. The molecule has 0 saturated carbocycles. The topological polar surface area (TPSA) is 62.7 Å². The molecule has 1 atom stereocenters. The first-order chi connectivity index (χ1) is 10.3. The first-order valence-corrected chi connectivity index (χ1v) is 7.09. The lowest BCUT2D eigenvalue weighted by atomic mass is 9.98. The number of carbonyl (C=O) groups excluding carboxylic acids is 1. The van der Waals surface area contributed by atoms with E-state index in [2.05, 4.69) is 16.8 Å². The summed E-state index contributed by atoms with van der Waals surface area (Å²) < 4.78 is 5.19. The van der Waals surface area contributed by atoms with Crippen LogP contribution in [0.15, 0.2) is 18.3 Å². The number of amides is 1. The minimum absolute atomic E-state index is 0.0985. The van der Waals surface area contributed by atoms with Crippen LogP contribution in [0.1, 0.15) is 28.9 Å². The Morgan fingerprint density at radius 2 is 2.48 bits per heavy atom. The Kier molecular flexibility index (Phi) is 5.73. The van der Waals surface area contributed by atoms with Gasteiger partial charge in [0.1, 0.15) is 12.3 Å². The van der Waals surface area contributed by atoms with Gasteiger partial charge in [0.25, 0.3) is 5.91 Å². The maximum absolute atomic E-state index is 12.6. The zero-order valence-corrected chi connectivity index (χ0v) is 12.2. The summed E-state index contributed by atoms with van der Waals surface area (Å²) in [6.07, 6.45) is 3.65. The van der Waals surface area contributed by atoms with Crippen LogP contribution in [-0.2, 0) is 4.74 Å². The second-order valence-corrected chi connectivity index (χ2v) is 5.07. The molecule has 5 heteroatoms. The highest BCUT2D eigenvalue weighted by Gasteiger charge is 2.26. The lowest BCUT2D eigenvalue weighted by Crippen LogP contribution is -2.41. The summed E-state index contributed by atoms with van der Waals surface area (Å²) in [5.41, 5.74) is 0.918. The van der Waals surface area contributed by atoms with Gasteiger partial charge in [-0.25, -0.2) is 4.98 Å². The van der Waals surface area contributed by atoms with Crippen molar-refractivity contribution in [2.24, 2.45) is 5.92 Å². The Bertz CT molecular complexity index is 546. The summed E-state index contributed by atoms with van der Waals surface area (Å²) in [7, 11) is 1.68. The van der Waals surface area contributed by atoms with Crippen LogP contribution in [0.2, 0.25) is 0 Å². The predicted octanol–water partition coefficient (Wildman–Crippen LogP) is 0.924. The Labute approximate surface area is 124 Å². The van der Waals surface area contributed by atoms with E-state index >= 15 is 0 Å². The molecule has 21 heavy (non-hydrogen) atoms. The van der Waals surface area contributed by atoms with Gasteiger partial charge in [0, 0.05) is 26.4 Å². The third-order valence-corrected chi connectivity index (χ3v) is 3.52. The van der Waals surface area contributed by atoms with Crippen molar-refractivity contribution < 1.29 is 14.6 Å². The Hall–Kier alpha value is -1.90. The fourth-order valence-electron chi connectivity index (χ4n) is 2.58. The second-order valence-electron chi connectivity index (χ2n) is 5.07. The summed E-state index contributed by atoms with van der Waals surface area (Å²) in [5, 5.41) is 8.80. The molecule has 0 spiro atoms. The summed E-state index contributed by atoms with van der Waals surface area (Å²) in [5.74, 6) is 5.63. The zero-order valence-electron chi connectivity index (χ0n) is 12.2. The fraction of sp³-hybridized carbons (Fsp3) is 0.500. The molecular weight excluding hydrogens is 268 g/mol. The Morgan fingerprint density at radius 1 is 1.62 bits per heavy atom. The highest BCUT2D eigenvalue weighted by atomic mass is 16.5. The van der Waals surface area contributed by atoms with Crippen LogP contribution in [0.3, 0.4) is 0 Å². The fourth-order valence-corrected chi connectivity index (χ4v) is 2.58. The normalized spacial score (nSPS) is 18.0. The highest BCUT2D eigenvalue weighted by molar-refractivity contribution is 5.94. The summed E-state index contributed by atoms with van der Waals surface area (Å²) in [6, 6.07) is 3.49. The molecule has 112 valence electrons. The van der Waals surface area contributed by atoms with Gasteiger partial charge in [-0.2, -0.15) is 0 Å². The summed E-state index contributed by atoms with van der Waals surface area (Å²) in [6.45, 7) is 1.87. The van der Waals surface area contributed by atoms with Crippen molar-refractivity contribution in [3.8, 4) is 11.8 Å². The van der Waals surface area contributed by atoms with Gasteiger partial charge in [-0.3, -0.25) is 4.79 Å². The highest BCUT2D eigenvalue weighted by Crippen LogP contribution is 2.19. The largest absolute Gasteiger partial charge is 0.384 e. The molecule has 1 N–H and O–H groups in total. The number of nitrogens with zero attached hydrogens (tertiary/aromatic N) is 2. The number of rotatable bonds is 3. The van der Waals surface area contributed by atoms with Crippen molar-refractivity contribution in [3.63, 3.8) is 0 Å².